The molecule has 3 nitrogen and oxygen atoms in total. The molecule has 1 amide bonds. The van der Waals surface area contributed by atoms with Gasteiger partial charge in [-0.2, -0.15) is 0 Å². The molecule has 0 N–H and O–H groups in total. The van der Waals surface area contributed by atoms with Crippen LogP contribution in [-0.4, -0.2) is 29.7 Å². The molecule has 3 heteroatoms. The Hall–Kier alpha value is -0.730. The second kappa shape index (κ2) is 4.49. The highest BCUT2D eigenvalue weighted by Crippen LogP contribution is 2.18. The van der Waals surface area contributed by atoms with Gasteiger partial charge in [0.2, 0.25) is 0 Å². The number of ether oxygens (including phenoxy) is 1. The van der Waals surface area contributed by atoms with Crippen LogP contribution in [0.25, 0.3) is 0 Å². The molecule has 1 unspecified atom stereocenters. The number of unbranched alkanes of at least 4 members (excludes halogenated alkanes) is 1. The van der Waals surface area contributed by atoms with Gasteiger partial charge in [0.15, 0.2) is 0 Å². The Morgan fingerprint density at radius 2 is 2.31 bits per heavy atom. The van der Waals surface area contributed by atoms with Gasteiger partial charge in [0.1, 0.15) is 6.10 Å². The van der Waals surface area contributed by atoms with Crippen molar-refractivity contribution >= 4 is 6.09 Å². The second-order valence-corrected chi connectivity index (χ2v) is 3.89. The third-order valence-electron chi connectivity index (χ3n) is 2.41. The number of rotatable bonds is 4. The average molecular weight is 185 g/mol. The summed E-state index contributed by atoms with van der Waals surface area (Å²) in [6, 6.07) is 0.263. The SMILES string of the molecule is CCCCC1CN(C(C)C)C(=O)O1. The first-order valence-electron chi connectivity index (χ1n) is 5.12. The maximum atomic E-state index is 11.3. The third-order valence-corrected chi connectivity index (χ3v) is 2.41. The maximum absolute atomic E-state index is 11.3. The van der Waals surface area contributed by atoms with Gasteiger partial charge in [0, 0.05) is 6.04 Å². The summed E-state index contributed by atoms with van der Waals surface area (Å²) in [5.74, 6) is 0. The molecule has 0 aromatic carbocycles. The molecule has 0 aromatic heterocycles. The number of hydrogen-bond donors (Lipinski definition) is 0. The van der Waals surface area contributed by atoms with E-state index in [1.807, 2.05) is 13.8 Å². The fourth-order valence-corrected chi connectivity index (χ4v) is 1.55. The van der Waals surface area contributed by atoms with E-state index in [1.54, 1.807) is 4.90 Å². The summed E-state index contributed by atoms with van der Waals surface area (Å²) >= 11 is 0. The van der Waals surface area contributed by atoms with Gasteiger partial charge in [0.25, 0.3) is 0 Å². The number of carbonyl (C=O) groups is 1. The van der Waals surface area contributed by atoms with Gasteiger partial charge < -0.3 is 9.64 Å². The molecule has 1 atom stereocenters. The quantitative estimate of drug-likeness (QED) is 0.673. The minimum absolute atomic E-state index is 0.134. The van der Waals surface area contributed by atoms with E-state index in [2.05, 4.69) is 6.92 Å². The fourth-order valence-electron chi connectivity index (χ4n) is 1.55. The highest BCUT2D eigenvalue weighted by molar-refractivity contribution is 5.70. The van der Waals surface area contributed by atoms with Crippen molar-refractivity contribution < 1.29 is 9.53 Å². The monoisotopic (exact) mass is 185 g/mol. The second-order valence-electron chi connectivity index (χ2n) is 3.89. The lowest BCUT2D eigenvalue weighted by atomic mass is 10.1. The fraction of sp³-hybridized carbons (Fsp3) is 0.900. The van der Waals surface area contributed by atoms with Gasteiger partial charge in [-0.3, -0.25) is 0 Å². The topological polar surface area (TPSA) is 29.5 Å². The highest BCUT2D eigenvalue weighted by Gasteiger charge is 2.31. The zero-order valence-electron chi connectivity index (χ0n) is 8.75. The molecule has 1 aliphatic rings. The van der Waals surface area contributed by atoms with Crippen molar-refractivity contribution in [1.29, 1.82) is 0 Å². The molecule has 1 aliphatic heterocycles. The van der Waals surface area contributed by atoms with Crippen molar-refractivity contribution in [3.05, 3.63) is 0 Å². The van der Waals surface area contributed by atoms with Crippen LogP contribution in [0.2, 0.25) is 0 Å². The van der Waals surface area contributed by atoms with Gasteiger partial charge in [-0.1, -0.05) is 13.3 Å². The van der Waals surface area contributed by atoms with Crippen molar-refractivity contribution in [3.8, 4) is 0 Å². The summed E-state index contributed by atoms with van der Waals surface area (Å²) < 4.78 is 5.22. The molecular formula is C10H19NO2. The van der Waals surface area contributed by atoms with Crippen LogP contribution < -0.4 is 0 Å². The lowest BCUT2D eigenvalue weighted by Gasteiger charge is -2.16. The van der Waals surface area contributed by atoms with Crippen molar-refractivity contribution in [2.75, 3.05) is 6.54 Å². The van der Waals surface area contributed by atoms with Gasteiger partial charge in [0.05, 0.1) is 6.54 Å². The molecule has 0 bridgehead atoms. The predicted molar refractivity (Wildman–Crippen MR) is 51.6 cm³/mol. The van der Waals surface area contributed by atoms with Crippen LogP contribution in [0, 0.1) is 0 Å². The van der Waals surface area contributed by atoms with Crippen LogP contribution in [0.5, 0.6) is 0 Å². The Labute approximate surface area is 80.1 Å². The molecule has 0 saturated carbocycles. The van der Waals surface area contributed by atoms with E-state index in [9.17, 15) is 4.79 Å². The Morgan fingerprint density at radius 3 is 2.77 bits per heavy atom. The van der Waals surface area contributed by atoms with Crippen molar-refractivity contribution in [2.24, 2.45) is 0 Å². The van der Waals surface area contributed by atoms with Crippen LogP contribution in [0.15, 0.2) is 0 Å². The van der Waals surface area contributed by atoms with Crippen molar-refractivity contribution in [1.82, 2.24) is 4.90 Å². The van der Waals surface area contributed by atoms with Crippen LogP contribution in [0.1, 0.15) is 40.0 Å². The normalized spacial score (nSPS) is 22.6. The molecule has 0 spiro atoms. The predicted octanol–water partition coefficient (Wildman–Crippen LogP) is 2.41. The average Bonchev–Trinajstić information content (AvgIpc) is 2.43. The Bertz CT molecular complexity index is 180. The lowest BCUT2D eigenvalue weighted by molar-refractivity contribution is 0.125. The van der Waals surface area contributed by atoms with Crippen molar-refractivity contribution in [3.63, 3.8) is 0 Å². The molecule has 0 aromatic rings. The van der Waals surface area contributed by atoms with E-state index in [-0.39, 0.29) is 18.2 Å². The molecule has 1 rings (SSSR count). The molecule has 0 radical (unpaired) electrons. The standard InChI is InChI=1S/C10H19NO2/c1-4-5-6-9-7-11(8(2)3)10(12)13-9/h8-9H,4-7H2,1-3H3. The first kappa shape index (κ1) is 10.4. The van der Waals surface area contributed by atoms with E-state index in [0.29, 0.717) is 0 Å². The number of amides is 1. The van der Waals surface area contributed by atoms with Crippen LogP contribution in [0.4, 0.5) is 4.79 Å². The zero-order valence-corrected chi connectivity index (χ0v) is 8.75. The first-order chi connectivity index (χ1) is 6.15. The molecule has 1 fully saturated rings. The van der Waals surface area contributed by atoms with Crippen molar-refractivity contribution in [2.45, 2.75) is 52.2 Å². The van der Waals surface area contributed by atoms with E-state index in [0.717, 1.165) is 25.8 Å². The van der Waals surface area contributed by atoms with E-state index in [4.69, 9.17) is 4.74 Å². The number of hydrogen-bond acceptors (Lipinski definition) is 2. The molecule has 1 heterocycles. The summed E-state index contributed by atoms with van der Waals surface area (Å²) in [5, 5.41) is 0. The maximum Gasteiger partial charge on any atom is 0.410 e. The lowest BCUT2D eigenvalue weighted by Crippen LogP contribution is -2.31. The number of cyclic esters (lactones) is 1. The molecule has 0 aliphatic carbocycles. The molecular weight excluding hydrogens is 166 g/mol. The number of nitrogens with zero attached hydrogens (tertiary/aromatic N) is 1. The van der Waals surface area contributed by atoms with E-state index >= 15 is 0 Å². The summed E-state index contributed by atoms with van der Waals surface area (Å²) in [5.41, 5.74) is 0. The molecule has 13 heavy (non-hydrogen) atoms. The molecule has 1 saturated heterocycles. The van der Waals surface area contributed by atoms with Gasteiger partial charge in [-0.05, 0) is 26.7 Å². The summed E-state index contributed by atoms with van der Waals surface area (Å²) in [4.78, 5) is 13.1. The molecule has 76 valence electrons. The van der Waals surface area contributed by atoms with Crippen LogP contribution in [-0.2, 0) is 4.74 Å². The van der Waals surface area contributed by atoms with Crippen LogP contribution in [0.3, 0.4) is 0 Å². The van der Waals surface area contributed by atoms with Gasteiger partial charge >= 0.3 is 6.09 Å². The van der Waals surface area contributed by atoms with Crippen LogP contribution >= 0.6 is 0 Å². The minimum atomic E-state index is -0.142. The Morgan fingerprint density at radius 1 is 1.62 bits per heavy atom. The third kappa shape index (κ3) is 2.61. The van der Waals surface area contributed by atoms with E-state index in [1.165, 1.54) is 0 Å². The smallest absolute Gasteiger partial charge is 0.410 e. The Kier molecular flexibility index (Phi) is 3.58. The number of carbonyl (C=O) groups excluding carboxylic acids is 1. The largest absolute Gasteiger partial charge is 0.444 e. The first-order valence-corrected chi connectivity index (χ1v) is 5.12. The highest BCUT2D eigenvalue weighted by atomic mass is 16.6. The Balaban J connectivity index is 2.36. The van der Waals surface area contributed by atoms with E-state index < -0.39 is 0 Å². The zero-order chi connectivity index (χ0) is 9.84. The van der Waals surface area contributed by atoms with Gasteiger partial charge in [-0.25, -0.2) is 4.79 Å². The van der Waals surface area contributed by atoms with Gasteiger partial charge in [-0.15, -0.1) is 0 Å². The summed E-state index contributed by atoms with van der Waals surface area (Å²) in [6.07, 6.45) is 3.30. The summed E-state index contributed by atoms with van der Waals surface area (Å²) in [7, 11) is 0. The summed E-state index contributed by atoms with van der Waals surface area (Å²) in [6.45, 7) is 6.96. The minimum Gasteiger partial charge on any atom is -0.444 e.